The molecule has 0 aromatic rings. The summed E-state index contributed by atoms with van der Waals surface area (Å²) in [6, 6.07) is 0. The Morgan fingerprint density at radius 2 is 1.85 bits per heavy atom. The summed E-state index contributed by atoms with van der Waals surface area (Å²) < 4.78 is 17.9. The highest BCUT2D eigenvalue weighted by Gasteiger charge is 2.83. The van der Waals surface area contributed by atoms with Gasteiger partial charge in [-0.2, -0.15) is 0 Å². The molecule has 8 heteroatoms. The van der Waals surface area contributed by atoms with Crippen LogP contribution in [-0.4, -0.2) is 64.1 Å². The van der Waals surface area contributed by atoms with Gasteiger partial charge in [-0.1, -0.05) is 41.5 Å². The molecule has 3 saturated carbocycles. The van der Waals surface area contributed by atoms with Crippen LogP contribution in [0.4, 0.5) is 0 Å². The van der Waals surface area contributed by atoms with Crippen molar-refractivity contribution in [3.05, 3.63) is 0 Å². The van der Waals surface area contributed by atoms with E-state index in [1.54, 1.807) is 13.8 Å². The molecule has 5 fully saturated rings. The SMILES string of the molecule is CC[C@@H](C)C(=O)O[C@H]1C(=O)O[C@@H]2C[C@H]3[C@@H](C)C[C@H](C)[C@@H](O)[C@]3(C)[C@H]3[C@@]4(O)OC[C@]32[C@@H]1[C@@H](C)[C@H]4O. The lowest BCUT2D eigenvalue weighted by Gasteiger charge is -2.69. The number of hydrogen-bond donors (Lipinski definition) is 3. The lowest BCUT2D eigenvalue weighted by molar-refractivity contribution is -0.353. The largest absolute Gasteiger partial charge is 0.459 e. The maximum absolute atomic E-state index is 13.3. The van der Waals surface area contributed by atoms with Gasteiger partial charge in [0.15, 0.2) is 5.79 Å². The smallest absolute Gasteiger partial charge is 0.348 e. The first-order chi connectivity index (χ1) is 15.8. The summed E-state index contributed by atoms with van der Waals surface area (Å²) in [5.41, 5.74) is -1.64. The van der Waals surface area contributed by atoms with E-state index in [2.05, 4.69) is 6.92 Å². The maximum atomic E-state index is 13.3. The van der Waals surface area contributed by atoms with Crippen LogP contribution >= 0.6 is 0 Å². The molecule has 5 aliphatic rings. The molecule has 2 aliphatic heterocycles. The Morgan fingerprint density at radius 3 is 2.50 bits per heavy atom. The van der Waals surface area contributed by atoms with E-state index >= 15 is 0 Å². The number of hydrogen-bond acceptors (Lipinski definition) is 8. The highest BCUT2D eigenvalue weighted by atomic mass is 16.7. The van der Waals surface area contributed by atoms with Crippen LogP contribution in [0.1, 0.15) is 60.8 Å². The van der Waals surface area contributed by atoms with Crippen LogP contribution in [0.25, 0.3) is 0 Å². The number of esters is 2. The fraction of sp³-hybridized carbons (Fsp3) is 0.923. The first kappa shape index (κ1) is 24.5. The van der Waals surface area contributed by atoms with Crippen molar-refractivity contribution in [2.75, 3.05) is 6.61 Å². The summed E-state index contributed by atoms with van der Waals surface area (Å²) in [6.45, 7) is 11.7. The molecular weight excluding hydrogens is 440 g/mol. The molecular formula is C26H40O8. The zero-order chi connectivity index (χ0) is 25.0. The second-order valence-electron chi connectivity index (χ2n) is 12.4. The topological polar surface area (TPSA) is 123 Å². The minimum Gasteiger partial charge on any atom is -0.459 e. The first-order valence-electron chi connectivity index (χ1n) is 13.0. The van der Waals surface area contributed by atoms with Gasteiger partial charge < -0.3 is 29.5 Å². The molecule has 8 nitrogen and oxygen atoms in total. The van der Waals surface area contributed by atoms with E-state index in [-0.39, 0.29) is 30.3 Å². The van der Waals surface area contributed by atoms with E-state index in [0.717, 1.165) is 6.42 Å². The van der Waals surface area contributed by atoms with Crippen molar-refractivity contribution < 1.29 is 39.1 Å². The number of rotatable bonds is 3. The molecule has 2 saturated heterocycles. The van der Waals surface area contributed by atoms with E-state index in [0.29, 0.717) is 12.8 Å². The van der Waals surface area contributed by atoms with Crippen molar-refractivity contribution in [2.45, 2.75) is 91.0 Å². The lowest BCUT2D eigenvalue weighted by atomic mass is 9.36. The number of carbonyl (C=O) groups excluding carboxylic acids is 2. The maximum Gasteiger partial charge on any atom is 0.348 e. The summed E-state index contributed by atoms with van der Waals surface area (Å²) in [5.74, 6) is -4.95. The zero-order valence-electron chi connectivity index (χ0n) is 21.1. The summed E-state index contributed by atoms with van der Waals surface area (Å²) >= 11 is 0. The number of aliphatic hydroxyl groups excluding tert-OH is 2. The zero-order valence-corrected chi connectivity index (χ0v) is 21.1. The fourth-order valence-corrected chi connectivity index (χ4v) is 9.16. The predicted molar refractivity (Wildman–Crippen MR) is 120 cm³/mol. The van der Waals surface area contributed by atoms with E-state index in [1.165, 1.54) is 0 Å². The van der Waals surface area contributed by atoms with E-state index in [1.807, 2.05) is 20.8 Å². The third-order valence-corrected chi connectivity index (χ3v) is 10.8. The summed E-state index contributed by atoms with van der Waals surface area (Å²) in [5, 5.41) is 35.0. The molecule has 5 rings (SSSR count). The molecule has 2 bridgehead atoms. The Labute approximate surface area is 201 Å². The molecule has 0 unspecified atom stereocenters. The Bertz CT molecular complexity index is 877. The number of fused-ring (bicyclic) bond motifs is 1. The molecule has 192 valence electrons. The highest BCUT2D eigenvalue weighted by molar-refractivity contribution is 5.81. The second-order valence-corrected chi connectivity index (χ2v) is 12.4. The Kier molecular flexibility index (Phi) is 5.50. The monoisotopic (exact) mass is 480 g/mol. The minimum atomic E-state index is -1.88. The van der Waals surface area contributed by atoms with Gasteiger partial charge in [-0.05, 0) is 42.9 Å². The Morgan fingerprint density at radius 1 is 1.18 bits per heavy atom. The molecule has 1 spiro atoms. The van der Waals surface area contributed by atoms with Gasteiger partial charge in [0.25, 0.3) is 0 Å². The van der Waals surface area contributed by atoms with E-state index in [9.17, 15) is 24.9 Å². The predicted octanol–water partition coefficient (Wildman–Crippen LogP) is 1.88. The van der Waals surface area contributed by atoms with E-state index in [4.69, 9.17) is 14.2 Å². The molecule has 14 atom stereocenters. The van der Waals surface area contributed by atoms with Crippen molar-refractivity contribution in [3.8, 4) is 0 Å². The molecule has 0 aromatic carbocycles. The van der Waals surface area contributed by atoms with Gasteiger partial charge in [-0.3, -0.25) is 4.79 Å². The van der Waals surface area contributed by atoms with Gasteiger partial charge in [0.2, 0.25) is 6.10 Å². The molecule has 0 amide bonds. The van der Waals surface area contributed by atoms with Gasteiger partial charge in [-0.25, -0.2) is 4.79 Å². The van der Waals surface area contributed by atoms with Crippen molar-refractivity contribution >= 4 is 11.9 Å². The Hall–Kier alpha value is -1.22. The van der Waals surface area contributed by atoms with Gasteiger partial charge >= 0.3 is 11.9 Å². The van der Waals surface area contributed by atoms with Gasteiger partial charge in [0, 0.05) is 22.7 Å². The van der Waals surface area contributed by atoms with Gasteiger partial charge in [-0.15, -0.1) is 0 Å². The van der Waals surface area contributed by atoms with Crippen LogP contribution in [0, 0.1) is 52.3 Å². The van der Waals surface area contributed by atoms with Crippen molar-refractivity contribution in [1.82, 2.24) is 0 Å². The molecule has 3 aliphatic carbocycles. The number of ether oxygens (including phenoxy) is 3. The quantitative estimate of drug-likeness (QED) is 0.524. The van der Waals surface area contributed by atoms with Crippen LogP contribution in [-0.2, 0) is 23.8 Å². The molecule has 0 aromatic heterocycles. The average molecular weight is 481 g/mol. The fourth-order valence-electron chi connectivity index (χ4n) is 9.16. The molecule has 0 radical (unpaired) electrons. The Balaban J connectivity index is 1.67. The summed E-state index contributed by atoms with van der Waals surface area (Å²) in [7, 11) is 0. The first-order valence-corrected chi connectivity index (χ1v) is 13.0. The number of carbonyl (C=O) groups is 2. The normalized spacial score (nSPS) is 56.7. The van der Waals surface area contributed by atoms with Crippen LogP contribution in [0.3, 0.4) is 0 Å². The molecule has 3 N–H and O–H groups in total. The standard InChI is InChI=1S/C26H40O8/c1-7-11(2)21(29)34-18-17-14(5)20(28)26(31)23-24(6)15(12(3)8-13(4)19(24)27)9-16(33-22(18)30)25(17,23)10-32-26/h11-20,23,27-28,31H,7-10H2,1-6H3/t11-,12+,13+,14-,15+,16-,17-,18-,19-,20-,23-,24-,25+,26+/m1/s1. The van der Waals surface area contributed by atoms with Crippen molar-refractivity contribution in [2.24, 2.45) is 52.3 Å². The van der Waals surface area contributed by atoms with E-state index < -0.39 is 70.7 Å². The molecule has 34 heavy (non-hydrogen) atoms. The summed E-state index contributed by atoms with van der Waals surface area (Å²) in [6.07, 6.45) is -1.79. The lowest BCUT2D eigenvalue weighted by Crippen LogP contribution is -2.78. The number of aliphatic hydroxyl groups is 3. The van der Waals surface area contributed by atoms with Gasteiger partial charge in [0.1, 0.15) is 12.2 Å². The van der Waals surface area contributed by atoms with Crippen LogP contribution < -0.4 is 0 Å². The minimum absolute atomic E-state index is 0.00677. The second kappa shape index (κ2) is 7.64. The van der Waals surface area contributed by atoms with Crippen molar-refractivity contribution in [3.63, 3.8) is 0 Å². The van der Waals surface area contributed by atoms with Crippen LogP contribution in [0.5, 0.6) is 0 Å². The van der Waals surface area contributed by atoms with Gasteiger partial charge in [0.05, 0.1) is 18.6 Å². The van der Waals surface area contributed by atoms with Crippen molar-refractivity contribution in [1.29, 1.82) is 0 Å². The highest BCUT2D eigenvalue weighted by Crippen LogP contribution is 2.74. The van der Waals surface area contributed by atoms with Crippen LogP contribution in [0.2, 0.25) is 0 Å². The van der Waals surface area contributed by atoms with Crippen LogP contribution in [0.15, 0.2) is 0 Å². The average Bonchev–Trinajstić information content (AvgIpc) is 3.08. The molecule has 2 heterocycles. The summed E-state index contributed by atoms with van der Waals surface area (Å²) in [4.78, 5) is 26.1. The third kappa shape index (κ3) is 2.74. The third-order valence-electron chi connectivity index (χ3n) is 10.8.